The Balaban J connectivity index is 2.71. The Kier molecular flexibility index (Phi) is 4.87. The van der Waals surface area contributed by atoms with Gasteiger partial charge < -0.3 is 19.6 Å². The quantitative estimate of drug-likeness (QED) is 0.788. The molecule has 2 N–H and O–H groups in total. The summed E-state index contributed by atoms with van der Waals surface area (Å²) >= 11 is 0. The number of aromatic amines is 1. The lowest BCUT2D eigenvalue weighted by atomic mass is 9.96. The highest BCUT2D eigenvalue weighted by Crippen LogP contribution is 2.37. The van der Waals surface area contributed by atoms with Crippen molar-refractivity contribution in [2.45, 2.75) is 27.7 Å². The van der Waals surface area contributed by atoms with Crippen LogP contribution in [0, 0.1) is 6.92 Å². The maximum atomic E-state index is 12.3. The Hall–Kier alpha value is -2.90. The number of hydrogen-bond acceptors (Lipinski definition) is 6. The number of esters is 2. The van der Waals surface area contributed by atoms with Gasteiger partial charge in [0.1, 0.15) is 0 Å². The summed E-state index contributed by atoms with van der Waals surface area (Å²) in [4.78, 5) is 43.0. The maximum Gasteiger partial charge on any atom is 0.340 e. The molecule has 0 atom stereocenters. The van der Waals surface area contributed by atoms with Crippen molar-refractivity contribution in [1.29, 1.82) is 0 Å². The van der Waals surface area contributed by atoms with Crippen LogP contribution in [0.2, 0.25) is 0 Å². The van der Waals surface area contributed by atoms with E-state index in [0.29, 0.717) is 5.69 Å². The molecule has 0 bridgehead atoms. The fraction of sp³-hybridized carbons (Fsp3) is 0.375. The minimum Gasteiger partial charge on any atom is -0.494 e. The van der Waals surface area contributed by atoms with Gasteiger partial charge in [-0.2, -0.15) is 0 Å². The van der Waals surface area contributed by atoms with Crippen molar-refractivity contribution in [3.05, 3.63) is 22.4 Å². The van der Waals surface area contributed by atoms with E-state index in [2.05, 4.69) is 9.98 Å². The number of aryl methyl sites for hydroxylation is 1. The van der Waals surface area contributed by atoms with Gasteiger partial charge in [-0.3, -0.25) is 4.79 Å². The lowest BCUT2D eigenvalue weighted by Crippen LogP contribution is -2.15. The van der Waals surface area contributed by atoms with Crippen LogP contribution >= 0.6 is 0 Å². The average Bonchev–Trinajstić information content (AvgIpc) is 2.94. The molecular formula is C16H18N2O6. The van der Waals surface area contributed by atoms with Crippen LogP contribution in [0.5, 0.6) is 5.88 Å². The SMILES string of the molecule is CCOC(=O)C1=C(c2c(O)[nH]c(C)c2C(=O)OCC)C(=O)N=C1C. The van der Waals surface area contributed by atoms with E-state index in [1.807, 2.05) is 0 Å². The number of nitrogens with zero attached hydrogens (tertiary/aromatic N) is 1. The zero-order valence-corrected chi connectivity index (χ0v) is 13.8. The number of carbonyl (C=O) groups is 3. The molecule has 0 fully saturated rings. The van der Waals surface area contributed by atoms with Crippen molar-refractivity contribution in [3.8, 4) is 5.88 Å². The zero-order valence-electron chi connectivity index (χ0n) is 13.8. The minimum atomic E-state index is -0.743. The lowest BCUT2D eigenvalue weighted by molar-refractivity contribution is -0.137. The molecule has 1 aromatic rings. The van der Waals surface area contributed by atoms with Gasteiger partial charge in [0.15, 0.2) is 5.88 Å². The van der Waals surface area contributed by atoms with Gasteiger partial charge in [-0.15, -0.1) is 0 Å². The molecule has 1 aromatic heterocycles. The average molecular weight is 334 g/mol. The van der Waals surface area contributed by atoms with Crippen LogP contribution < -0.4 is 0 Å². The van der Waals surface area contributed by atoms with E-state index < -0.39 is 23.7 Å². The molecule has 0 radical (unpaired) electrons. The van der Waals surface area contributed by atoms with Crippen LogP contribution in [0.4, 0.5) is 0 Å². The highest BCUT2D eigenvalue weighted by atomic mass is 16.5. The molecule has 0 saturated carbocycles. The van der Waals surface area contributed by atoms with Crippen molar-refractivity contribution in [3.63, 3.8) is 0 Å². The molecule has 0 unspecified atom stereocenters. The molecule has 24 heavy (non-hydrogen) atoms. The monoisotopic (exact) mass is 334 g/mol. The number of H-pyrrole nitrogens is 1. The van der Waals surface area contributed by atoms with Gasteiger partial charge in [0.25, 0.3) is 5.91 Å². The third-order valence-corrected chi connectivity index (χ3v) is 3.47. The first-order chi connectivity index (χ1) is 11.3. The van der Waals surface area contributed by atoms with E-state index in [1.165, 1.54) is 6.92 Å². The molecule has 8 nitrogen and oxygen atoms in total. The molecular weight excluding hydrogens is 316 g/mol. The van der Waals surface area contributed by atoms with Gasteiger partial charge in [-0.05, 0) is 27.7 Å². The summed E-state index contributed by atoms with van der Waals surface area (Å²) in [7, 11) is 0. The van der Waals surface area contributed by atoms with Crippen molar-refractivity contribution < 1.29 is 29.0 Å². The molecule has 2 rings (SSSR count). The van der Waals surface area contributed by atoms with Gasteiger partial charge in [0.2, 0.25) is 0 Å². The topological polar surface area (TPSA) is 118 Å². The van der Waals surface area contributed by atoms with Crippen LogP contribution in [-0.2, 0) is 19.1 Å². The summed E-state index contributed by atoms with van der Waals surface area (Å²) in [5.41, 5.74) is 0.136. The standard InChI is InChI=1S/C16H18N2O6/c1-5-23-15(21)9-7(3)17-13(19)11(9)12-10(16(22)24-6-2)8(4)18-14(12)20/h17,19H,5-6H2,1-4H3. The van der Waals surface area contributed by atoms with Gasteiger partial charge >= 0.3 is 11.9 Å². The van der Waals surface area contributed by atoms with E-state index in [-0.39, 0.29) is 41.2 Å². The van der Waals surface area contributed by atoms with Crippen LogP contribution in [0.15, 0.2) is 10.6 Å². The number of aliphatic imine (C=N–C) groups is 1. The van der Waals surface area contributed by atoms with Gasteiger partial charge in [-0.25, -0.2) is 14.6 Å². The van der Waals surface area contributed by atoms with Crippen molar-refractivity contribution >= 4 is 29.1 Å². The third-order valence-electron chi connectivity index (χ3n) is 3.47. The normalized spacial score (nSPS) is 14.0. The van der Waals surface area contributed by atoms with Crippen LogP contribution in [0.25, 0.3) is 5.57 Å². The Bertz CT molecular complexity index is 785. The molecule has 0 saturated heterocycles. The summed E-state index contributed by atoms with van der Waals surface area (Å²) in [6.07, 6.45) is 0. The number of nitrogens with one attached hydrogen (secondary N) is 1. The Morgan fingerprint density at radius 3 is 2.29 bits per heavy atom. The number of aromatic nitrogens is 1. The smallest absolute Gasteiger partial charge is 0.340 e. The van der Waals surface area contributed by atoms with Gasteiger partial charge in [0, 0.05) is 5.69 Å². The number of hydrogen-bond donors (Lipinski definition) is 2. The van der Waals surface area contributed by atoms with E-state index in [0.717, 1.165) is 0 Å². The predicted octanol–water partition coefficient (Wildman–Crippen LogP) is 1.52. The number of ether oxygens (including phenoxy) is 2. The largest absolute Gasteiger partial charge is 0.494 e. The number of aromatic hydroxyl groups is 1. The molecule has 0 spiro atoms. The second-order valence-electron chi connectivity index (χ2n) is 5.04. The first-order valence-electron chi connectivity index (χ1n) is 7.43. The van der Waals surface area contributed by atoms with Gasteiger partial charge in [0.05, 0.1) is 41.2 Å². The predicted molar refractivity (Wildman–Crippen MR) is 84.8 cm³/mol. The molecule has 0 aromatic carbocycles. The summed E-state index contributed by atoms with van der Waals surface area (Å²) in [6, 6.07) is 0. The second kappa shape index (κ2) is 6.69. The van der Waals surface area contributed by atoms with E-state index in [4.69, 9.17) is 9.47 Å². The molecule has 1 aliphatic heterocycles. The number of carbonyl (C=O) groups excluding carboxylic acids is 3. The fourth-order valence-electron chi connectivity index (χ4n) is 2.55. The van der Waals surface area contributed by atoms with Crippen molar-refractivity contribution in [1.82, 2.24) is 4.98 Å². The van der Waals surface area contributed by atoms with Crippen LogP contribution in [0.3, 0.4) is 0 Å². The molecule has 8 heteroatoms. The van der Waals surface area contributed by atoms with Gasteiger partial charge in [-0.1, -0.05) is 0 Å². The summed E-state index contributed by atoms with van der Waals surface area (Å²) in [5, 5.41) is 10.2. The summed E-state index contributed by atoms with van der Waals surface area (Å²) < 4.78 is 9.92. The fourth-order valence-corrected chi connectivity index (χ4v) is 2.55. The number of rotatable bonds is 5. The minimum absolute atomic E-state index is 0.00982. The molecule has 0 aliphatic carbocycles. The highest BCUT2D eigenvalue weighted by Gasteiger charge is 2.37. The molecule has 128 valence electrons. The first-order valence-corrected chi connectivity index (χ1v) is 7.43. The van der Waals surface area contributed by atoms with E-state index >= 15 is 0 Å². The third kappa shape index (κ3) is 2.82. The van der Waals surface area contributed by atoms with E-state index in [1.54, 1.807) is 20.8 Å². The highest BCUT2D eigenvalue weighted by molar-refractivity contribution is 6.43. The zero-order chi connectivity index (χ0) is 18.0. The molecule has 1 aliphatic rings. The van der Waals surface area contributed by atoms with Crippen molar-refractivity contribution in [2.75, 3.05) is 13.2 Å². The van der Waals surface area contributed by atoms with Crippen LogP contribution in [0.1, 0.15) is 42.4 Å². The lowest BCUT2D eigenvalue weighted by Gasteiger charge is -2.08. The molecule has 1 amide bonds. The number of amides is 1. The Labute approximate surface area is 138 Å². The summed E-state index contributed by atoms with van der Waals surface area (Å²) in [5.74, 6) is -2.59. The second-order valence-corrected chi connectivity index (χ2v) is 5.04. The Morgan fingerprint density at radius 1 is 1.12 bits per heavy atom. The Morgan fingerprint density at radius 2 is 1.71 bits per heavy atom. The van der Waals surface area contributed by atoms with Crippen LogP contribution in [-0.4, -0.2) is 46.9 Å². The summed E-state index contributed by atoms with van der Waals surface area (Å²) in [6.45, 7) is 6.53. The maximum absolute atomic E-state index is 12.3. The first kappa shape index (κ1) is 17.5. The molecule has 2 heterocycles. The van der Waals surface area contributed by atoms with E-state index in [9.17, 15) is 19.5 Å². The van der Waals surface area contributed by atoms with Crippen molar-refractivity contribution in [2.24, 2.45) is 4.99 Å².